The van der Waals surface area contributed by atoms with Crippen LogP contribution in [-0.4, -0.2) is 11.1 Å². The Morgan fingerprint density at radius 3 is 2.17 bits per heavy atom. The maximum absolute atomic E-state index is 11.3. The van der Waals surface area contributed by atoms with Crippen molar-refractivity contribution in [3.63, 3.8) is 0 Å². The van der Waals surface area contributed by atoms with Gasteiger partial charge in [-0.2, -0.15) is 0 Å². The van der Waals surface area contributed by atoms with E-state index in [0.29, 0.717) is 16.5 Å². The Hall–Kier alpha value is -2.30. The smallest absolute Gasteiger partial charge is 0.274 e. The van der Waals surface area contributed by atoms with Gasteiger partial charge in [-0.3, -0.25) is 10.0 Å². The monoisotopic (exact) mass is 344 g/mol. The molecule has 0 aliphatic heterocycles. The molecule has 4 nitrogen and oxygen atoms in total. The fourth-order valence-electron chi connectivity index (χ4n) is 2.69. The van der Waals surface area contributed by atoms with Gasteiger partial charge in [-0.05, 0) is 47.9 Å². The summed E-state index contributed by atoms with van der Waals surface area (Å²) in [5, 5.41) is 12.6. The van der Waals surface area contributed by atoms with Crippen molar-refractivity contribution in [1.82, 2.24) is 5.48 Å². The Bertz CT molecular complexity index is 709. The molecule has 0 bridgehead atoms. The van der Waals surface area contributed by atoms with Crippen LogP contribution in [0.2, 0.25) is 5.02 Å². The molecule has 3 N–H and O–H groups in total. The largest absolute Gasteiger partial charge is 0.359 e. The SMILES string of the molecule is C=C(Nc1ccc(C(=O)NO)cc1)C(c1ccc(Cl)cc1)C(C)C. The van der Waals surface area contributed by atoms with E-state index >= 15 is 0 Å². The first-order valence-electron chi connectivity index (χ1n) is 7.68. The molecule has 24 heavy (non-hydrogen) atoms. The molecule has 1 amide bonds. The molecule has 126 valence electrons. The van der Waals surface area contributed by atoms with Crippen molar-refractivity contribution in [1.29, 1.82) is 0 Å². The standard InChI is InChI=1S/C19H21ClN2O2/c1-12(2)18(14-4-8-16(20)9-5-14)13(3)21-17-10-6-15(7-11-17)19(23)22-24/h4-12,18,21,24H,3H2,1-2H3,(H,22,23). The van der Waals surface area contributed by atoms with Crippen LogP contribution >= 0.6 is 11.6 Å². The van der Waals surface area contributed by atoms with Crippen LogP contribution in [0.25, 0.3) is 0 Å². The molecule has 5 heteroatoms. The molecule has 0 saturated heterocycles. The number of benzene rings is 2. The molecule has 0 fully saturated rings. The average Bonchev–Trinajstić information content (AvgIpc) is 2.56. The highest BCUT2D eigenvalue weighted by atomic mass is 35.5. The third-order valence-electron chi connectivity index (χ3n) is 3.82. The fourth-order valence-corrected chi connectivity index (χ4v) is 2.82. The van der Waals surface area contributed by atoms with Gasteiger partial charge in [-0.25, -0.2) is 5.48 Å². The Balaban J connectivity index is 2.16. The summed E-state index contributed by atoms with van der Waals surface area (Å²) in [7, 11) is 0. The first kappa shape index (κ1) is 18.0. The third kappa shape index (κ3) is 4.37. The zero-order valence-electron chi connectivity index (χ0n) is 13.7. The van der Waals surface area contributed by atoms with Crippen LogP contribution in [0.5, 0.6) is 0 Å². The highest BCUT2D eigenvalue weighted by molar-refractivity contribution is 6.30. The van der Waals surface area contributed by atoms with Gasteiger partial charge in [0.1, 0.15) is 0 Å². The van der Waals surface area contributed by atoms with Crippen molar-refractivity contribution in [2.75, 3.05) is 5.32 Å². The summed E-state index contributed by atoms with van der Waals surface area (Å²) in [4.78, 5) is 11.3. The van der Waals surface area contributed by atoms with Crippen LogP contribution in [0.4, 0.5) is 5.69 Å². The lowest BCUT2D eigenvalue weighted by Crippen LogP contribution is -2.18. The van der Waals surface area contributed by atoms with E-state index in [4.69, 9.17) is 16.8 Å². The summed E-state index contributed by atoms with van der Waals surface area (Å²) in [5.41, 5.74) is 4.83. The van der Waals surface area contributed by atoms with Crippen molar-refractivity contribution in [2.45, 2.75) is 19.8 Å². The lowest BCUT2D eigenvalue weighted by Gasteiger charge is -2.25. The predicted molar refractivity (Wildman–Crippen MR) is 97.5 cm³/mol. The van der Waals surface area contributed by atoms with Crippen LogP contribution in [0, 0.1) is 5.92 Å². The molecule has 0 aliphatic carbocycles. The van der Waals surface area contributed by atoms with E-state index in [0.717, 1.165) is 16.9 Å². The molecule has 1 unspecified atom stereocenters. The van der Waals surface area contributed by atoms with E-state index in [1.807, 2.05) is 24.3 Å². The van der Waals surface area contributed by atoms with Gasteiger partial charge >= 0.3 is 0 Å². The number of hydrogen-bond acceptors (Lipinski definition) is 3. The maximum atomic E-state index is 11.3. The zero-order valence-corrected chi connectivity index (χ0v) is 14.5. The minimum Gasteiger partial charge on any atom is -0.359 e. The second-order valence-corrected chi connectivity index (χ2v) is 6.38. The van der Waals surface area contributed by atoms with Crippen molar-refractivity contribution in [3.05, 3.63) is 77.0 Å². The summed E-state index contributed by atoms with van der Waals surface area (Å²) in [6, 6.07) is 14.6. The summed E-state index contributed by atoms with van der Waals surface area (Å²) in [6.45, 7) is 8.46. The van der Waals surface area contributed by atoms with Crippen LogP contribution < -0.4 is 10.8 Å². The summed E-state index contributed by atoms with van der Waals surface area (Å²) >= 11 is 5.97. The second-order valence-electron chi connectivity index (χ2n) is 5.94. The van der Waals surface area contributed by atoms with Gasteiger partial charge in [-0.15, -0.1) is 0 Å². The zero-order chi connectivity index (χ0) is 17.7. The summed E-state index contributed by atoms with van der Waals surface area (Å²) < 4.78 is 0. The van der Waals surface area contributed by atoms with E-state index in [9.17, 15) is 4.79 Å². The molecule has 2 aromatic carbocycles. The molecule has 0 aromatic heterocycles. The van der Waals surface area contributed by atoms with Crippen molar-refractivity contribution < 1.29 is 10.0 Å². The summed E-state index contributed by atoms with van der Waals surface area (Å²) in [5.74, 6) is -0.0603. The minimum atomic E-state index is -0.540. The van der Waals surface area contributed by atoms with Gasteiger partial charge in [-0.1, -0.05) is 44.2 Å². The first-order chi connectivity index (χ1) is 11.4. The molecule has 0 saturated carbocycles. The van der Waals surface area contributed by atoms with Crippen LogP contribution in [-0.2, 0) is 0 Å². The van der Waals surface area contributed by atoms with Crippen LogP contribution in [0.3, 0.4) is 0 Å². The number of rotatable bonds is 6. The number of hydroxylamine groups is 1. The third-order valence-corrected chi connectivity index (χ3v) is 4.08. The quantitative estimate of drug-likeness (QED) is 0.520. The topological polar surface area (TPSA) is 61.4 Å². The second kappa shape index (κ2) is 7.99. The number of nitrogens with one attached hydrogen (secondary N) is 2. The molecule has 0 heterocycles. The highest BCUT2D eigenvalue weighted by Crippen LogP contribution is 2.32. The van der Waals surface area contributed by atoms with E-state index < -0.39 is 5.91 Å². The molecule has 1 atom stereocenters. The Kier molecular flexibility index (Phi) is 6.01. The highest BCUT2D eigenvalue weighted by Gasteiger charge is 2.19. The summed E-state index contributed by atoms with van der Waals surface area (Å²) in [6.07, 6.45) is 0. The number of carbonyl (C=O) groups is 1. The maximum Gasteiger partial charge on any atom is 0.274 e. The van der Waals surface area contributed by atoms with Gasteiger partial charge in [0, 0.05) is 27.9 Å². The molecule has 2 aromatic rings. The van der Waals surface area contributed by atoms with Gasteiger partial charge in [0.2, 0.25) is 0 Å². The van der Waals surface area contributed by atoms with E-state index in [2.05, 4.69) is 25.7 Å². The number of allylic oxidation sites excluding steroid dienone is 1. The predicted octanol–water partition coefficient (Wildman–Crippen LogP) is 4.82. The van der Waals surface area contributed by atoms with Crippen molar-refractivity contribution >= 4 is 23.2 Å². The van der Waals surface area contributed by atoms with Gasteiger partial charge in [0.15, 0.2) is 0 Å². The van der Waals surface area contributed by atoms with Gasteiger partial charge in [0.05, 0.1) is 0 Å². The Labute approximate surface area is 147 Å². The lowest BCUT2D eigenvalue weighted by atomic mass is 9.86. The fraction of sp³-hybridized carbons (Fsp3) is 0.211. The van der Waals surface area contributed by atoms with E-state index in [1.54, 1.807) is 29.7 Å². The van der Waals surface area contributed by atoms with Crippen molar-refractivity contribution in [3.8, 4) is 0 Å². The molecule has 0 spiro atoms. The molecule has 0 radical (unpaired) electrons. The number of halogens is 1. The lowest BCUT2D eigenvalue weighted by molar-refractivity contribution is 0.0706. The van der Waals surface area contributed by atoms with Crippen LogP contribution in [0.1, 0.15) is 35.7 Å². The van der Waals surface area contributed by atoms with E-state index in [1.165, 1.54) is 0 Å². The van der Waals surface area contributed by atoms with Crippen molar-refractivity contribution in [2.24, 2.45) is 5.92 Å². The van der Waals surface area contributed by atoms with Gasteiger partial charge < -0.3 is 5.32 Å². The number of amides is 1. The Morgan fingerprint density at radius 1 is 1.08 bits per heavy atom. The molecule has 0 aliphatic rings. The van der Waals surface area contributed by atoms with E-state index in [-0.39, 0.29) is 5.92 Å². The average molecular weight is 345 g/mol. The number of carbonyl (C=O) groups excluding carboxylic acids is 1. The normalized spacial score (nSPS) is 11.9. The van der Waals surface area contributed by atoms with Gasteiger partial charge in [0.25, 0.3) is 5.91 Å². The molecular weight excluding hydrogens is 324 g/mol. The van der Waals surface area contributed by atoms with Crippen LogP contribution in [0.15, 0.2) is 60.8 Å². The minimum absolute atomic E-state index is 0.127. The number of anilines is 1. The Morgan fingerprint density at radius 2 is 1.67 bits per heavy atom. The molecular formula is C19H21ClN2O2. The number of hydrogen-bond donors (Lipinski definition) is 3. The first-order valence-corrected chi connectivity index (χ1v) is 8.06. The molecule has 2 rings (SSSR count).